The van der Waals surface area contributed by atoms with E-state index in [1.54, 1.807) is 23.0 Å². The maximum absolute atomic E-state index is 11.7. The normalized spacial score (nSPS) is 11.5. The van der Waals surface area contributed by atoms with Gasteiger partial charge in [0.05, 0.1) is 11.6 Å². The molecular formula is C12H9N3OS. The van der Waals surface area contributed by atoms with Gasteiger partial charge >= 0.3 is 0 Å². The number of amides is 1. The van der Waals surface area contributed by atoms with Gasteiger partial charge in [-0.05, 0) is 5.56 Å². The molecule has 2 aromatic rings. The fourth-order valence-corrected chi connectivity index (χ4v) is 1.90. The fraction of sp³-hybridized carbons (Fsp3) is 0.0833. The first-order chi connectivity index (χ1) is 8.31. The van der Waals surface area contributed by atoms with Crippen LogP contribution in [0.25, 0.3) is 0 Å². The molecule has 0 bridgehead atoms. The van der Waals surface area contributed by atoms with Crippen LogP contribution in [0.5, 0.6) is 0 Å². The molecule has 5 heteroatoms. The highest BCUT2D eigenvalue weighted by atomic mass is 32.1. The van der Waals surface area contributed by atoms with Gasteiger partial charge in [-0.2, -0.15) is 5.26 Å². The summed E-state index contributed by atoms with van der Waals surface area (Å²) in [6, 6.07) is 10.5. The Morgan fingerprint density at radius 1 is 1.41 bits per heavy atom. The lowest BCUT2D eigenvalue weighted by molar-refractivity contribution is 0.0941. The van der Waals surface area contributed by atoms with Crippen molar-refractivity contribution in [1.82, 2.24) is 10.3 Å². The lowest BCUT2D eigenvalue weighted by atomic mass is 10.1. The lowest BCUT2D eigenvalue weighted by Crippen LogP contribution is -2.27. The largest absolute Gasteiger partial charge is 0.331 e. The Morgan fingerprint density at radius 2 is 2.18 bits per heavy atom. The molecule has 1 aromatic carbocycles. The van der Waals surface area contributed by atoms with Gasteiger partial charge in [-0.3, -0.25) is 4.79 Å². The van der Waals surface area contributed by atoms with Crippen molar-refractivity contribution in [1.29, 1.82) is 5.26 Å². The van der Waals surface area contributed by atoms with Gasteiger partial charge in [-0.1, -0.05) is 30.3 Å². The van der Waals surface area contributed by atoms with Gasteiger partial charge in [0.2, 0.25) is 0 Å². The van der Waals surface area contributed by atoms with E-state index in [9.17, 15) is 4.79 Å². The van der Waals surface area contributed by atoms with Crippen LogP contribution in [0.1, 0.15) is 22.1 Å². The minimum absolute atomic E-state index is 0.332. The summed E-state index contributed by atoms with van der Waals surface area (Å²) in [5.74, 6) is -0.332. The van der Waals surface area contributed by atoms with E-state index in [4.69, 9.17) is 5.26 Å². The van der Waals surface area contributed by atoms with Crippen LogP contribution in [-0.2, 0) is 0 Å². The van der Waals surface area contributed by atoms with Crippen molar-refractivity contribution in [3.8, 4) is 6.07 Å². The third kappa shape index (κ3) is 2.68. The number of hydrogen-bond donors (Lipinski definition) is 1. The molecule has 0 radical (unpaired) electrons. The van der Waals surface area contributed by atoms with E-state index >= 15 is 0 Å². The number of carbonyl (C=O) groups is 1. The van der Waals surface area contributed by atoms with Crippen LogP contribution in [0.3, 0.4) is 0 Å². The van der Waals surface area contributed by atoms with E-state index in [0.29, 0.717) is 5.69 Å². The molecule has 0 fully saturated rings. The van der Waals surface area contributed by atoms with Crippen LogP contribution >= 0.6 is 11.3 Å². The summed E-state index contributed by atoms with van der Waals surface area (Å²) in [5, 5.41) is 13.3. The molecule has 0 aliphatic rings. The summed E-state index contributed by atoms with van der Waals surface area (Å²) < 4.78 is 0. The molecule has 1 atom stereocenters. The molecule has 1 heterocycles. The molecule has 17 heavy (non-hydrogen) atoms. The predicted octanol–water partition coefficient (Wildman–Crippen LogP) is 2.14. The van der Waals surface area contributed by atoms with Gasteiger partial charge in [0.1, 0.15) is 11.7 Å². The average Bonchev–Trinajstić information content (AvgIpc) is 2.90. The van der Waals surface area contributed by atoms with Gasteiger partial charge in [-0.15, -0.1) is 11.3 Å². The Labute approximate surface area is 103 Å². The summed E-state index contributed by atoms with van der Waals surface area (Å²) in [6.45, 7) is 0. The molecule has 4 nitrogen and oxygen atoms in total. The third-order valence-electron chi connectivity index (χ3n) is 2.20. The Morgan fingerprint density at radius 3 is 2.76 bits per heavy atom. The second-order valence-electron chi connectivity index (χ2n) is 3.32. The van der Waals surface area contributed by atoms with E-state index in [-0.39, 0.29) is 5.91 Å². The Balaban J connectivity index is 2.12. The minimum Gasteiger partial charge on any atom is -0.331 e. The number of thiazole rings is 1. The van der Waals surface area contributed by atoms with E-state index in [1.165, 1.54) is 11.3 Å². The average molecular weight is 243 g/mol. The molecule has 1 N–H and O–H groups in total. The lowest BCUT2D eigenvalue weighted by Gasteiger charge is -2.10. The highest BCUT2D eigenvalue weighted by Crippen LogP contribution is 2.12. The fourth-order valence-electron chi connectivity index (χ4n) is 1.37. The van der Waals surface area contributed by atoms with Gasteiger partial charge in [0.25, 0.3) is 5.91 Å². The molecule has 0 saturated heterocycles. The molecule has 0 saturated carbocycles. The first-order valence-electron chi connectivity index (χ1n) is 4.95. The Hall–Kier alpha value is -2.19. The van der Waals surface area contributed by atoms with Crippen LogP contribution in [0, 0.1) is 11.3 Å². The Kier molecular flexibility index (Phi) is 3.48. The SMILES string of the molecule is N#CC(NC(=O)c1cscn1)c1ccccc1. The summed E-state index contributed by atoms with van der Waals surface area (Å²) in [6.07, 6.45) is 0. The number of carbonyl (C=O) groups excluding carboxylic acids is 1. The number of rotatable bonds is 3. The monoisotopic (exact) mass is 243 g/mol. The van der Waals surface area contributed by atoms with Crippen molar-refractivity contribution in [2.24, 2.45) is 0 Å². The summed E-state index contributed by atoms with van der Waals surface area (Å²) in [4.78, 5) is 15.6. The van der Waals surface area contributed by atoms with Crippen LogP contribution < -0.4 is 5.32 Å². The summed E-state index contributed by atoms with van der Waals surface area (Å²) >= 11 is 1.34. The van der Waals surface area contributed by atoms with Gasteiger partial charge in [-0.25, -0.2) is 4.98 Å². The minimum atomic E-state index is -0.648. The second kappa shape index (κ2) is 5.23. The first kappa shape index (κ1) is 11.3. The predicted molar refractivity (Wildman–Crippen MR) is 64.4 cm³/mol. The van der Waals surface area contributed by atoms with Gasteiger partial charge in [0.15, 0.2) is 0 Å². The van der Waals surface area contributed by atoms with Crippen molar-refractivity contribution in [2.75, 3.05) is 0 Å². The highest BCUT2D eigenvalue weighted by molar-refractivity contribution is 7.07. The van der Waals surface area contributed by atoms with Crippen LogP contribution in [-0.4, -0.2) is 10.9 Å². The maximum Gasteiger partial charge on any atom is 0.272 e. The molecule has 0 aliphatic carbocycles. The highest BCUT2D eigenvalue weighted by Gasteiger charge is 2.15. The number of nitrogens with one attached hydrogen (secondary N) is 1. The van der Waals surface area contributed by atoms with E-state index in [2.05, 4.69) is 16.4 Å². The zero-order valence-electron chi connectivity index (χ0n) is 8.83. The van der Waals surface area contributed by atoms with Crippen molar-refractivity contribution in [2.45, 2.75) is 6.04 Å². The van der Waals surface area contributed by atoms with Crippen molar-refractivity contribution in [3.63, 3.8) is 0 Å². The maximum atomic E-state index is 11.7. The molecule has 1 aromatic heterocycles. The van der Waals surface area contributed by atoms with E-state index < -0.39 is 6.04 Å². The zero-order chi connectivity index (χ0) is 12.1. The molecule has 0 spiro atoms. The standard InChI is InChI=1S/C12H9N3OS/c13-6-10(9-4-2-1-3-5-9)15-12(16)11-7-17-8-14-11/h1-5,7-8,10H,(H,15,16). The molecule has 1 amide bonds. The van der Waals surface area contributed by atoms with Crippen LogP contribution in [0.4, 0.5) is 0 Å². The number of hydrogen-bond acceptors (Lipinski definition) is 4. The molecular weight excluding hydrogens is 234 g/mol. The second-order valence-corrected chi connectivity index (χ2v) is 4.04. The zero-order valence-corrected chi connectivity index (χ0v) is 9.65. The van der Waals surface area contributed by atoms with Crippen LogP contribution in [0.2, 0.25) is 0 Å². The smallest absolute Gasteiger partial charge is 0.272 e. The molecule has 0 aliphatic heterocycles. The van der Waals surface area contributed by atoms with Crippen molar-refractivity contribution in [3.05, 3.63) is 52.5 Å². The van der Waals surface area contributed by atoms with Crippen molar-refractivity contribution < 1.29 is 4.79 Å². The molecule has 1 unspecified atom stereocenters. The molecule has 84 valence electrons. The third-order valence-corrected chi connectivity index (χ3v) is 2.79. The number of benzene rings is 1. The van der Waals surface area contributed by atoms with E-state index in [1.807, 2.05) is 18.2 Å². The Bertz CT molecular complexity index is 531. The number of nitrogens with zero attached hydrogens (tertiary/aromatic N) is 2. The van der Waals surface area contributed by atoms with Gasteiger partial charge < -0.3 is 5.32 Å². The topological polar surface area (TPSA) is 65.8 Å². The first-order valence-corrected chi connectivity index (χ1v) is 5.89. The summed E-state index contributed by atoms with van der Waals surface area (Å²) in [7, 11) is 0. The summed E-state index contributed by atoms with van der Waals surface area (Å²) in [5.41, 5.74) is 2.68. The quantitative estimate of drug-likeness (QED) is 0.898. The molecule has 2 rings (SSSR count). The van der Waals surface area contributed by atoms with Crippen molar-refractivity contribution >= 4 is 17.2 Å². The van der Waals surface area contributed by atoms with E-state index in [0.717, 1.165) is 5.56 Å². The number of aromatic nitrogens is 1. The van der Waals surface area contributed by atoms with Crippen LogP contribution in [0.15, 0.2) is 41.2 Å². The number of nitriles is 1. The van der Waals surface area contributed by atoms with Gasteiger partial charge in [0, 0.05) is 5.38 Å².